The Morgan fingerprint density at radius 1 is 1.30 bits per heavy atom. The van der Waals surface area contributed by atoms with Crippen LogP contribution in [0.4, 0.5) is 0 Å². The number of thiazole rings is 1. The van der Waals surface area contributed by atoms with Crippen molar-refractivity contribution in [1.29, 1.82) is 0 Å². The molecule has 0 bridgehead atoms. The highest BCUT2D eigenvalue weighted by molar-refractivity contribution is 7.80. The number of ether oxygens (including phenoxy) is 2. The van der Waals surface area contributed by atoms with Gasteiger partial charge in [0.25, 0.3) is 0 Å². The fourth-order valence-electron chi connectivity index (χ4n) is 1.66. The molecule has 1 aromatic carbocycles. The molecule has 20 heavy (non-hydrogen) atoms. The summed E-state index contributed by atoms with van der Waals surface area (Å²) in [7, 11) is 1.59. The maximum atomic E-state index is 5.75. The lowest BCUT2D eigenvalue weighted by molar-refractivity contribution is 0.303. The largest absolute Gasteiger partial charge is 0.497 e. The van der Waals surface area contributed by atoms with Gasteiger partial charge < -0.3 is 15.2 Å². The molecule has 0 fully saturated rings. The Bertz CT molecular complexity index is 619. The van der Waals surface area contributed by atoms with Crippen LogP contribution in [0.25, 0.3) is 0 Å². The van der Waals surface area contributed by atoms with Gasteiger partial charge in [0.2, 0.25) is 0 Å². The Balaban J connectivity index is 2.16. The van der Waals surface area contributed by atoms with E-state index >= 15 is 0 Å². The highest BCUT2D eigenvalue weighted by Crippen LogP contribution is 2.24. The summed E-state index contributed by atoms with van der Waals surface area (Å²) in [6.45, 7) is 4.46. The van der Waals surface area contributed by atoms with Crippen LogP contribution in [0.3, 0.4) is 0 Å². The van der Waals surface area contributed by atoms with Crippen LogP contribution in [-0.4, -0.2) is 17.1 Å². The molecule has 2 aromatic rings. The molecule has 0 radical (unpaired) electrons. The van der Waals surface area contributed by atoms with Crippen LogP contribution >= 0.6 is 23.6 Å². The van der Waals surface area contributed by atoms with Crippen LogP contribution in [0.5, 0.6) is 11.5 Å². The number of rotatable bonds is 5. The van der Waals surface area contributed by atoms with Gasteiger partial charge in [-0.05, 0) is 26.0 Å². The highest BCUT2D eigenvalue weighted by atomic mass is 32.1. The van der Waals surface area contributed by atoms with Gasteiger partial charge in [-0.15, -0.1) is 11.3 Å². The predicted molar refractivity (Wildman–Crippen MR) is 84.8 cm³/mol. The van der Waals surface area contributed by atoms with Gasteiger partial charge in [-0.1, -0.05) is 12.2 Å². The first-order chi connectivity index (χ1) is 9.49. The molecule has 0 aliphatic heterocycles. The van der Waals surface area contributed by atoms with E-state index in [2.05, 4.69) is 4.98 Å². The van der Waals surface area contributed by atoms with Crippen LogP contribution in [0.15, 0.2) is 18.2 Å². The first-order valence-corrected chi connectivity index (χ1v) is 7.26. The van der Waals surface area contributed by atoms with Gasteiger partial charge in [-0.2, -0.15) is 0 Å². The monoisotopic (exact) mass is 308 g/mol. The summed E-state index contributed by atoms with van der Waals surface area (Å²) in [5.41, 5.74) is 7.41. The van der Waals surface area contributed by atoms with Crippen LogP contribution in [0, 0.1) is 13.8 Å². The Labute approximate surface area is 127 Å². The average Bonchev–Trinajstić information content (AvgIpc) is 2.75. The van der Waals surface area contributed by atoms with Crippen molar-refractivity contribution in [3.8, 4) is 11.5 Å². The molecule has 6 heteroatoms. The number of methoxy groups -OCH3 is 1. The molecule has 1 heterocycles. The van der Waals surface area contributed by atoms with E-state index in [4.69, 9.17) is 27.4 Å². The molecule has 4 nitrogen and oxygen atoms in total. The molecule has 2 N–H and O–H groups in total. The van der Waals surface area contributed by atoms with E-state index < -0.39 is 0 Å². The van der Waals surface area contributed by atoms with Gasteiger partial charge in [0.05, 0.1) is 12.8 Å². The summed E-state index contributed by atoms with van der Waals surface area (Å²) in [6, 6.07) is 5.39. The third-order valence-corrected chi connectivity index (χ3v) is 4.12. The SMILES string of the molecule is COc1cc(OCc2nc(C)c(C)s2)cc(C(N)=S)c1. The van der Waals surface area contributed by atoms with E-state index in [-0.39, 0.29) is 0 Å². The molecule has 0 unspecified atom stereocenters. The summed E-state index contributed by atoms with van der Waals surface area (Å²) >= 11 is 6.62. The van der Waals surface area contributed by atoms with Gasteiger partial charge in [-0.25, -0.2) is 4.98 Å². The number of hydrogen-bond donors (Lipinski definition) is 1. The van der Waals surface area contributed by atoms with Gasteiger partial charge in [0, 0.05) is 16.5 Å². The minimum absolute atomic E-state index is 0.315. The average molecular weight is 308 g/mol. The van der Waals surface area contributed by atoms with Crippen molar-refractivity contribution in [3.05, 3.63) is 39.3 Å². The van der Waals surface area contributed by atoms with E-state index in [0.717, 1.165) is 16.3 Å². The third kappa shape index (κ3) is 3.46. The smallest absolute Gasteiger partial charge is 0.140 e. The molecule has 0 saturated carbocycles. The lowest BCUT2D eigenvalue weighted by Crippen LogP contribution is -2.09. The van der Waals surface area contributed by atoms with E-state index in [0.29, 0.717) is 23.1 Å². The fraction of sp³-hybridized carbons (Fsp3) is 0.286. The topological polar surface area (TPSA) is 57.4 Å². The number of hydrogen-bond acceptors (Lipinski definition) is 5. The van der Waals surface area contributed by atoms with Crippen molar-refractivity contribution in [3.63, 3.8) is 0 Å². The summed E-state index contributed by atoms with van der Waals surface area (Å²) < 4.78 is 11.0. The standard InChI is InChI=1S/C14H16N2O2S2/c1-8-9(2)20-13(16-8)7-18-12-5-10(14(15)19)4-11(6-12)17-3/h4-6H,7H2,1-3H3,(H2,15,19). The maximum Gasteiger partial charge on any atom is 0.140 e. The number of thiocarbonyl (C=S) groups is 1. The minimum atomic E-state index is 0.315. The second kappa shape index (κ2) is 6.19. The van der Waals surface area contributed by atoms with Crippen molar-refractivity contribution < 1.29 is 9.47 Å². The zero-order valence-electron chi connectivity index (χ0n) is 11.6. The fourth-order valence-corrected chi connectivity index (χ4v) is 2.63. The predicted octanol–water partition coefficient (Wildman–Crippen LogP) is 2.98. The zero-order chi connectivity index (χ0) is 14.7. The second-order valence-corrected chi connectivity index (χ2v) is 6.03. The van der Waals surface area contributed by atoms with E-state index in [9.17, 15) is 0 Å². The lowest BCUT2D eigenvalue weighted by Gasteiger charge is -2.09. The molecule has 0 spiro atoms. The van der Waals surface area contributed by atoms with Crippen LogP contribution in [0.1, 0.15) is 21.1 Å². The van der Waals surface area contributed by atoms with Crippen LogP contribution in [-0.2, 0) is 6.61 Å². The Morgan fingerprint density at radius 2 is 2.00 bits per heavy atom. The van der Waals surface area contributed by atoms with Crippen molar-refractivity contribution in [2.24, 2.45) is 5.73 Å². The maximum absolute atomic E-state index is 5.75. The van der Waals surface area contributed by atoms with Crippen molar-refractivity contribution in [1.82, 2.24) is 4.98 Å². The highest BCUT2D eigenvalue weighted by Gasteiger charge is 2.07. The number of aromatic nitrogens is 1. The molecule has 106 valence electrons. The van der Waals surface area contributed by atoms with E-state index in [1.54, 1.807) is 36.6 Å². The number of nitrogens with zero attached hydrogens (tertiary/aromatic N) is 1. The first-order valence-electron chi connectivity index (χ1n) is 6.04. The molecule has 0 aliphatic rings. The van der Waals surface area contributed by atoms with E-state index in [1.807, 2.05) is 13.8 Å². The second-order valence-electron chi connectivity index (χ2n) is 4.30. The zero-order valence-corrected chi connectivity index (χ0v) is 13.2. The molecular formula is C14H16N2O2S2. The normalized spacial score (nSPS) is 10.3. The molecule has 2 rings (SSSR count). The summed E-state index contributed by atoms with van der Waals surface area (Å²) in [6.07, 6.45) is 0. The van der Waals surface area contributed by atoms with Gasteiger partial charge in [0.15, 0.2) is 0 Å². The van der Waals surface area contributed by atoms with Gasteiger partial charge in [0.1, 0.15) is 28.1 Å². The van der Waals surface area contributed by atoms with Crippen LogP contribution in [0.2, 0.25) is 0 Å². The molecule has 1 aromatic heterocycles. The quantitative estimate of drug-likeness (QED) is 0.861. The molecule has 0 atom stereocenters. The van der Waals surface area contributed by atoms with Crippen molar-refractivity contribution >= 4 is 28.5 Å². The number of aryl methyl sites for hydroxylation is 2. The Kier molecular flexibility index (Phi) is 4.57. The molecule has 0 aliphatic carbocycles. The summed E-state index contributed by atoms with van der Waals surface area (Å²) in [4.78, 5) is 5.96. The number of nitrogens with two attached hydrogens (primary N) is 1. The minimum Gasteiger partial charge on any atom is -0.497 e. The Hall–Kier alpha value is -1.66. The summed E-state index contributed by atoms with van der Waals surface area (Å²) in [5, 5.41) is 0.944. The third-order valence-electron chi connectivity index (χ3n) is 2.84. The van der Waals surface area contributed by atoms with Gasteiger partial charge >= 0.3 is 0 Å². The van der Waals surface area contributed by atoms with Crippen molar-refractivity contribution in [2.45, 2.75) is 20.5 Å². The summed E-state index contributed by atoms with van der Waals surface area (Å²) in [5.74, 6) is 1.33. The Morgan fingerprint density at radius 3 is 2.55 bits per heavy atom. The van der Waals surface area contributed by atoms with E-state index in [1.165, 1.54) is 4.88 Å². The van der Waals surface area contributed by atoms with Crippen molar-refractivity contribution in [2.75, 3.05) is 7.11 Å². The van der Waals surface area contributed by atoms with Crippen LogP contribution < -0.4 is 15.2 Å². The molecular weight excluding hydrogens is 292 g/mol. The first kappa shape index (κ1) is 14.7. The molecule has 0 saturated heterocycles. The molecule has 0 amide bonds. The number of benzene rings is 1. The van der Waals surface area contributed by atoms with Gasteiger partial charge in [-0.3, -0.25) is 0 Å². The lowest BCUT2D eigenvalue weighted by atomic mass is 10.2.